The Morgan fingerprint density at radius 1 is 1.09 bits per heavy atom. The largest absolute Gasteiger partial charge is 0.485 e. The minimum absolute atomic E-state index is 0.0896. The first-order chi connectivity index (χ1) is 17.0. The fraction of sp³-hybridized carbons (Fsp3) is 0.207. The van der Waals surface area contributed by atoms with Gasteiger partial charge in [0.15, 0.2) is 0 Å². The maximum Gasteiger partial charge on any atom is 0.340 e. The minimum atomic E-state index is -0.701. The lowest BCUT2D eigenvalue weighted by molar-refractivity contribution is 0.0595. The number of methoxy groups -OCH3 is 1. The zero-order chi connectivity index (χ0) is 24.4. The maximum absolute atomic E-state index is 14.3. The second-order valence-electron chi connectivity index (χ2n) is 8.67. The number of rotatable bonds is 6. The minimum Gasteiger partial charge on any atom is -0.485 e. The summed E-state index contributed by atoms with van der Waals surface area (Å²) in [5.74, 6) is -0.565. The molecule has 4 aromatic rings. The van der Waals surface area contributed by atoms with Crippen molar-refractivity contribution in [3.05, 3.63) is 102 Å². The molecule has 0 radical (unpaired) electrons. The number of anilines is 2. The SMILES string of the molecule is COC(=O)c1cc(N2CC(CN[C@H](C)c3cccc4ccccc34)Oc3ccccc32)ccc1F. The van der Waals surface area contributed by atoms with Crippen LogP contribution in [-0.2, 0) is 4.74 Å². The van der Waals surface area contributed by atoms with Crippen LogP contribution >= 0.6 is 0 Å². The number of nitrogens with zero attached hydrogens (tertiary/aromatic N) is 1. The molecule has 2 atom stereocenters. The summed E-state index contributed by atoms with van der Waals surface area (Å²) in [6, 6.07) is 27.1. The van der Waals surface area contributed by atoms with E-state index in [-0.39, 0.29) is 17.7 Å². The van der Waals surface area contributed by atoms with E-state index in [2.05, 4.69) is 53.5 Å². The van der Waals surface area contributed by atoms with E-state index >= 15 is 0 Å². The van der Waals surface area contributed by atoms with Crippen LogP contribution in [0.25, 0.3) is 10.8 Å². The van der Waals surface area contributed by atoms with E-state index in [9.17, 15) is 9.18 Å². The average Bonchev–Trinajstić information content (AvgIpc) is 2.90. The van der Waals surface area contributed by atoms with Crippen LogP contribution < -0.4 is 15.0 Å². The van der Waals surface area contributed by atoms with Gasteiger partial charge in [-0.05, 0) is 53.6 Å². The summed E-state index contributed by atoms with van der Waals surface area (Å²) in [5, 5.41) is 6.07. The van der Waals surface area contributed by atoms with Crippen LogP contribution in [-0.4, -0.2) is 32.3 Å². The van der Waals surface area contributed by atoms with E-state index in [1.165, 1.54) is 35.6 Å². The van der Waals surface area contributed by atoms with Gasteiger partial charge in [0.2, 0.25) is 0 Å². The van der Waals surface area contributed by atoms with Gasteiger partial charge in [0.1, 0.15) is 17.7 Å². The van der Waals surface area contributed by atoms with Crippen LogP contribution in [0.15, 0.2) is 84.9 Å². The monoisotopic (exact) mass is 470 g/mol. The molecule has 1 aliphatic heterocycles. The quantitative estimate of drug-likeness (QED) is 0.350. The molecule has 4 aromatic carbocycles. The second kappa shape index (κ2) is 9.76. The Balaban J connectivity index is 1.39. The molecule has 0 aliphatic carbocycles. The van der Waals surface area contributed by atoms with Crippen LogP contribution in [0.2, 0.25) is 0 Å². The van der Waals surface area contributed by atoms with Crippen molar-refractivity contribution in [1.82, 2.24) is 5.32 Å². The predicted octanol–water partition coefficient (Wildman–Crippen LogP) is 6.02. The van der Waals surface area contributed by atoms with Gasteiger partial charge < -0.3 is 19.7 Å². The molecule has 0 amide bonds. The van der Waals surface area contributed by atoms with Crippen molar-refractivity contribution in [1.29, 1.82) is 0 Å². The summed E-state index contributed by atoms with van der Waals surface area (Å²) < 4.78 is 25.3. The number of carbonyl (C=O) groups excluding carboxylic acids is 1. The van der Waals surface area contributed by atoms with Crippen molar-refractivity contribution in [3.8, 4) is 5.75 Å². The topological polar surface area (TPSA) is 50.8 Å². The van der Waals surface area contributed by atoms with Crippen molar-refractivity contribution >= 4 is 28.1 Å². The summed E-state index contributed by atoms with van der Waals surface area (Å²) in [7, 11) is 1.25. The highest BCUT2D eigenvalue weighted by Gasteiger charge is 2.28. The molecule has 5 rings (SSSR count). The van der Waals surface area contributed by atoms with E-state index in [1.54, 1.807) is 6.07 Å². The summed E-state index contributed by atoms with van der Waals surface area (Å²) in [5.41, 5.74) is 2.72. The zero-order valence-electron chi connectivity index (χ0n) is 19.7. The number of hydrogen-bond acceptors (Lipinski definition) is 5. The molecule has 1 heterocycles. The van der Waals surface area contributed by atoms with Crippen molar-refractivity contribution in [2.45, 2.75) is 19.1 Å². The standard InChI is InChI=1S/C29H27FN2O3/c1-19(23-11-7-9-20-8-3-4-10-24(20)23)31-17-22-18-32(27-12-5-6-13-28(27)35-22)21-14-15-26(30)25(16-21)29(33)34-2/h3-16,19,22,31H,17-18H2,1-2H3/t19-,22?/m1/s1. The van der Waals surface area contributed by atoms with Gasteiger partial charge in [0.05, 0.1) is 24.9 Å². The number of carbonyl (C=O) groups is 1. The molecule has 1 N–H and O–H groups in total. The third-order valence-electron chi connectivity index (χ3n) is 6.44. The molecule has 0 bridgehead atoms. The number of halogens is 1. The van der Waals surface area contributed by atoms with Gasteiger partial charge in [-0.15, -0.1) is 0 Å². The van der Waals surface area contributed by atoms with E-state index in [4.69, 9.17) is 9.47 Å². The van der Waals surface area contributed by atoms with Crippen molar-refractivity contribution in [3.63, 3.8) is 0 Å². The molecule has 0 saturated heterocycles. The highest BCUT2D eigenvalue weighted by molar-refractivity contribution is 5.91. The molecule has 1 unspecified atom stereocenters. The molecule has 6 heteroatoms. The number of fused-ring (bicyclic) bond motifs is 2. The Labute approximate surface area is 204 Å². The maximum atomic E-state index is 14.3. The molecular weight excluding hydrogens is 443 g/mol. The van der Waals surface area contributed by atoms with Gasteiger partial charge in [-0.25, -0.2) is 9.18 Å². The van der Waals surface area contributed by atoms with E-state index < -0.39 is 11.8 Å². The van der Waals surface area contributed by atoms with Gasteiger partial charge in [0, 0.05) is 18.3 Å². The smallest absolute Gasteiger partial charge is 0.340 e. The van der Waals surface area contributed by atoms with Crippen LogP contribution in [0.3, 0.4) is 0 Å². The summed E-state index contributed by atoms with van der Waals surface area (Å²) in [4.78, 5) is 14.1. The predicted molar refractivity (Wildman–Crippen MR) is 136 cm³/mol. The summed E-state index contributed by atoms with van der Waals surface area (Å²) in [6.45, 7) is 3.30. The first kappa shape index (κ1) is 22.9. The van der Waals surface area contributed by atoms with Gasteiger partial charge in [-0.2, -0.15) is 0 Å². The first-order valence-corrected chi connectivity index (χ1v) is 11.7. The van der Waals surface area contributed by atoms with E-state index in [1.807, 2.05) is 30.3 Å². The van der Waals surface area contributed by atoms with Gasteiger partial charge in [-0.3, -0.25) is 0 Å². The van der Waals surface area contributed by atoms with Gasteiger partial charge in [0.25, 0.3) is 0 Å². The molecule has 5 nitrogen and oxygen atoms in total. The Kier molecular flexibility index (Phi) is 6.38. The van der Waals surface area contributed by atoms with Crippen LogP contribution in [0.1, 0.15) is 28.9 Å². The van der Waals surface area contributed by atoms with Crippen molar-refractivity contribution < 1.29 is 18.7 Å². The first-order valence-electron chi connectivity index (χ1n) is 11.7. The van der Waals surface area contributed by atoms with Crippen LogP contribution in [0.5, 0.6) is 5.75 Å². The molecule has 0 saturated carbocycles. The lowest BCUT2D eigenvalue weighted by Gasteiger charge is -2.37. The fourth-order valence-corrected chi connectivity index (χ4v) is 4.64. The number of ether oxygens (including phenoxy) is 2. The number of nitrogens with one attached hydrogen (secondary N) is 1. The molecule has 1 aliphatic rings. The zero-order valence-corrected chi connectivity index (χ0v) is 19.7. The number of para-hydroxylation sites is 2. The Morgan fingerprint density at radius 2 is 1.86 bits per heavy atom. The van der Waals surface area contributed by atoms with E-state index in [0.29, 0.717) is 18.8 Å². The Morgan fingerprint density at radius 3 is 2.71 bits per heavy atom. The van der Waals surface area contributed by atoms with Crippen molar-refractivity contribution in [2.24, 2.45) is 0 Å². The third-order valence-corrected chi connectivity index (χ3v) is 6.44. The third kappa shape index (κ3) is 4.57. The number of esters is 1. The molecule has 0 spiro atoms. The molecule has 0 aromatic heterocycles. The van der Waals surface area contributed by atoms with Gasteiger partial charge >= 0.3 is 5.97 Å². The lowest BCUT2D eigenvalue weighted by atomic mass is 9.99. The normalized spacial score (nSPS) is 15.9. The average molecular weight is 471 g/mol. The Hall–Kier alpha value is -3.90. The molecular formula is C29H27FN2O3. The van der Waals surface area contributed by atoms with Crippen molar-refractivity contribution in [2.75, 3.05) is 25.1 Å². The van der Waals surface area contributed by atoms with Crippen LogP contribution in [0, 0.1) is 5.82 Å². The van der Waals surface area contributed by atoms with Gasteiger partial charge in [-0.1, -0.05) is 54.6 Å². The molecule has 35 heavy (non-hydrogen) atoms. The Bertz CT molecular complexity index is 1370. The number of hydrogen-bond donors (Lipinski definition) is 1. The second-order valence-corrected chi connectivity index (χ2v) is 8.67. The lowest BCUT2D eigenvalue weighted by Crippen LogP contribution is -2.44. The highest BCUT2D eigenvalue weighted by Crippen LogP contribution is 2.38. The van der Waals surface area contributed by atoms with Crippen LogP contribution in [0.4, 0.5) is 15.8 Å². The number of benzene rings is 4. The molecule has 178 valence electrons. The fourth-order valence-electron chi connectivity index (χ4n) is 4.64. The summed E-state index contributed by atoms with van der Waals surface area (Å²) in [6.07, 6.45) is -0.158. The van der Waals surface area contributed by atoms with E-state index in [0.717, 1.165) is 11.4 Å². The molecule has 0 fully saturated rings. The highest BCUT2D eigenvalue weighted by atomic mass is 19.1. The summed E-state index contributed by atoms with van der Waals surface area (Å²) >= 11 is 0.